The minimum atomic E-state index is 0.196. The molecule has 1 rings (SSSR count). The Labute approximate surface area is 115 Å². The number of carbonyl (C=O) groups excluding carboxylic acids is 1. The largest absolute Gasteiger partial charge is 0.288 e. The molecular formula is C16H22OS. The molecule has 1 aromatic rings. The van der Waals surface area contributed by atoms with Crippen LogP contribution in [0.15, 0.2) is 12.1 Å². The summed E-state index contributed by atoms with van der Waals surface area (Å²) in [6, 6.07) is 2.24. The van der Waals surface area contributed by atoms with Crippen LogP contribution >= 0.6 is 11.8 Å². The first-order valence-electron chi connectivity index (χ1n) is 6.30. The Hall–Kier alpha value is -1.02. The molecule has 0 saturated carbocycles. The van der Waals surface area contributed by atoms with Crippen molar-refractivity contribution in [2.45, 2.75) is 41.0 Å². The summed E-state index contributed by atoms with van der Waals surface area (Å²) in [6.07, 6.45) is 5.31. The van der Waals surface area contributed by atoms with Gasteiger partial charge in [0.15, 0.2) is 5.12 Å². The summed E-state index contributed by atoms with van der Waals surface area (Å²) in [5.74, 6) is 0.870. The van der Waals surface area contributed by atoms with Gasteiger partial charge >= 0.3 is 0 Å². The first-order valence-corrected chi connectivity index (χ1v) is 7.29. The summed E-state index contributed by atoms with van der Waals surface area (Å²) in [5.41, 5.74) is 6.73. The number of hydrogen-bond donors (Lipinski definition) is 0. The van der Waals surface area contributed by atoms with Crippen LogP contribution in [0.25, 0.3) is 6.08 Å². The lowest BCUT2D eigenvalue weighted by Crippen LogP contribution is -1.94. The van der Waals surface area contributed by atoms with Gasteiger partial charge in [0.25, 0.3) is 0 Å². The van der Waals surface area contributed by atoms with Gasteiger partial charge in [-0.15, -0.1) is 0 Å². The van der Waals surface area contributed by atoms with Gasteiger partial charge in [0.05, 0.1) is 0 Å². The number of thioether (sulfide) groups is 1. The molecule has 0 unspecified atom stereocenters. The van der Waals surface area contributed by atoms with E-state index in [4.69, 9.17) is 0 Å². The Kier molecular flexibility index (Phi) is 5.67. The number of carbonyl (C=O) groups is 1. The molecule has 0 bridgehead atoms. The lowest BCUT2D eigenvalue weighted by Gasteiger charge is -2.12. The van der Waals surface area contributed by atoms with Gasteiger partial charge in [-0.3, -0.25) is 4.79 Å². The van der Waals surface area contributed by atoms with E-state index in [0.717, 1.165) is 12.2 Å². The summed E-state index contributed by atoms with van der Waals surface area (Å²) in [7, 11) is 0. The first kappa shape index (κ1) is 15.0. The highest BCUT2D eigenvalue weighted by atomic mass is 32.2. The second-order valence-electron chi connectivity index (χ2n) is 4.71. The van der Waals surface area contributed by atoms with E-state index in [1.807, 2.05) is 0 Å². The summed E-state index contributed by atoms with van der Waals surface area (Å²) in [5, 5.41) is 0.196. The van der Waals surface area contributed by atoms with Gasteiger partial charge in [-0.2, -0.15) is 0 Å². The molecule has 0 fully saturated rings. The zero-order valence-corrected chi connectivity index (χ0v) is 12.8. The molecule has 0 radical (unpaired) electrons. The molecule has 0 aliphatic rings. The molecule has 18 heavy (non-hydrogen) atoms. The Morgan fingerprint density at radius 3 is 2.22 bits per heavy atom. The molecule has 1 nitrogen and oxygen atoms in total. The maximum absolute atomic E-state index is 10.8. The molecule has 0 aliphatic heterocycles. The van der Waals surface area contributed by atoms with E-state index in [1.54, 1.807) is 6.92 Å². The second kappa shape index (κ2) is 6.79. The SMILES string of the molecule is CC(=O)SCCC=Cc1c(C)c(C)cc(C)c1C. The fraction of sp³-hybridized carbons (Fsp3) is 0.438. The summed E-state index contributed by atoms with van der Waals surface area (Å²) >= 11 is 1.39. The van der Waals surface area contributed by atoms with Gasteiger partial charge in [0.1, 0.15) is 0 Å². The fourth-order valence-corrected chi connectivity index (χ4v) is 2.51. The second-order valence-corrected chi connectivity index (χ2v) is 5.98. The van der Waals surface area contributed by atoms with Crippen molar-refractivity contribution in [2.75, 3.05) is 5.75 Å². The quantitative estimate of drug-likeness (QED) is 0.737. The number of allylic oxidation sites excluding steroid dienone is 1. The number of hydrogen-bond acceptors (Lipinski definition) is 2. The van der Waals surface area contributed by atoms with Crippen molar-refractivity contribution in [3.05, 3.63) is 40.0 Å². The Balaban J connectivity index is 2.78. The third-order valence-corrected chi connectivity index (χ3v) is 4.14. The smallest absolute Gasteiger partial charge is 0.185 e. The van der Waals surface area contributed by atoms with E-state index < -0.39 is 0 Å². The van der Waals surface area contributed by atoms with Crippen LogP contribution in [-0.4, -0.2) is 10.9 Å². The van der Waals surface area contributed by atoms with E-state index in [0.29, 0.717) is 0 Å². The number of aryl methyl sites for hydroxylation is 2. The normalized spacial score (nSPS) is 11.2. The molecule has 98 valence electrons. The Morgan fingerprint density at radius 2 is 1.72 bits per heavy atom. The minimum Gasteiger partial charge on any atom is -0.288 e. The molecule has 0 saturated heterocycles. The lowest BCUT2D eigenvalue weighted by molar-refractivity contribution is -0.109. The molecule has 0 aliphatic carbocycles. The molecule has 2 heteroatoms. The van der Waals surface area contributed by atoms with Gasteiger partial charge in [0, 0.05) is 12.7 Å². The molecule has 0 atom stereocenters. The van der Waals surface area contributed by atoms with Gasteiger partial charge in [-0.05, 0) is 61.9 Å². The van der Waals surface area contributed by atoms with E-state index in [9.17, 15) is 4.79 Å². The molecule has 0 spiro atoms. The van der Waals surface area contributed by atoms with Crippen molar-refractivity contribution < 1.29 is 4.79 Å². The number of benzene rings is 1. The summed E-state index contributed by atoms with van der Waals surface area (Å²) in [4.78, 5) is 10.8. The fourth-order valence-electron chi connectivity index (χ4n) is 1.97. The van der Waals surface area contributed by atoms with Crippen LogP contribution in [0.5, 0.6) is 0 Å². The van der Waals surface area contributed by atoms with Gasteiger partial charge in [-0.1, -0.05) is 30.0 Å². The monoisotopic (exact) mass is 262 g/mol. The van der Waals surface area contributed by atoms with Crippen LogP contribution in [0.4, 0.5) is 0 Å². The Bertz CT molecular complexity index is 446. The molecule has 1 aromatic carbocycles. The topological polar surface area (TPSA) is 17.1 Å². The predicted molar refractivity (Wildman–Crippen MR) is 82.2 cm³/mol. The molecular weight excluding hydrogens is 240 g/mol. The van der Waals surface area contributed by atoms with Crippen LogP contribution in [-0.2, 0) is 4.79 Å². The van der Waals surface area contributed by atoms with Gasteiger partial charge in [0.2, 0.25) is 0 Å². The summed E-state index contributed by atoms with van der Waals surface area (Å²) < 4.78 is 0. The highest BCUT2D eigenvalue weighted by Gasteiger charge is 2.05. The van der Waals surface area contributed by atoms with Crippen LogP contribution in [0.1, 0.15) is 41.2 Å². The maximum atomic E-state index is 10.8. The third-order valence-electron chi connectivity index (χ3n) is 3.30. The zero-order chi connectivity index (χ0) is 13.7. The van der Waals surface area contributed by atoms with Crippen LogP contribution in [0, 0.1) is 27.7 Å². The first-order chi connectivity index (χ1) is 8.43. The minimum absolute atomic E-state index is 0.196. The molecule has 0 N–H and O–H groups in total. The standard InChI is InChI=1S/C16H22OS/c1-11-10-12(2)14(4)16(13(11)3)8-6-7-9-18-15(5)17/h6,8,10H,7,9H2,1-5H3. The van der Waals surface area contributed by atoms with Crippen molar-refractivity contribution in [3.63, 3.8) is 0 Å². The van der Waals surface area contributed by atoms with Crippen molar-refractivity contribution in [1.82, 2.24) is 0 Å². The van der Waals surface area contributed by atoms with E-state index >= 15 is 0 Å². The van der Waals surface area contributed by atoms with Crippen LogP contribution < -0.4 is 0 Å². The van der Waals surface area contributed by atoms with Crippen LogP contribution in [0.2, 0.25) is 0 Å². The van der Waals surface area contributed by atoms with Gasteiger partial charge < -0.3 is 0 Å². The predicted octanol–water partition coefficient (Wildman–Crippen LogP) is 4.60. The zero-order valence-electron chi connectivity index (χ0n) is 12.0. The average Bonchev–Trinajstić information content (AvgIpc) is 2.30. The average molecular weight is 262 g/mol. The molecule has 0 aromatic heterocycles. The maximum Gasteiger partial charge on any atom is 0.185 e. The van der Waals surface area contributed by atoms with E-state index in [1.165, 1.54) is 39.6 Å². The van der Waals surface area contributed by atoms with Crippen molar-refractivity contribution in [2.24, 2.45) is 0 Å². The molecule has 0 amide bonds. The van der Waals surface area contributed by atoms with E-state index in [2.05, 4.69) is 45.9 Å². The highest BCUT2D eigenvalue weighted by molar-refractivity contribution is 8.13. The van der Waals surface area contributed by atoms with Crippen LogP contribution in [0.3, 0.4) is 0 Å². The van der Waals surface area contributed by atoms with Crippen molar-refractivity contribution in [1.29, 1.82) is 0 Å². The van der Waals surface area contributed by atoms with Crippen molar-refractivity contribution >= 4 is 23.0 Å². The molecule has 0 heterocycles. The number of rotatable bonds is 4. The summed E-state index contributed by atoms with van der Waals surface area (Å²) in [6.45, 7) is 10.3. The third kappa shape index (κ3) is 4.02. The highest BCUT2D eigenvalue weighted by Crippen LogP contribution is 2.23. The van der Waals surface area contributed by atoms with E-state index in [-0.39, 0.29) is 5.12 Å². The van der Waals surface area contributed by atoms with Gasteiger partial charge in [-0.25, -0.2) is 0 Å². The Morgan fingerprint density at radius 1 is 1.17 bits per heavy atom. The van der Waals surface area contributed by atoms with Crippen molar-refractivity contribution in [3.8, 4) is 0 Å². The lowest BCUT2D eigenvalue weighted by atomic mass is 9.94.